The molecule has 0 bridgehead atoms. The van der Waals surface area contributed by atoms with Crippen molar-refractivity contribution in [3.05, 3.63) is 41.6 Å². The average molecular weight is 442 g/mol. The van der Waals surface area contributed by atoms with Crippen LogP contribution in [0.25, 0.3) is 0 Å². The van der Waals surface area contributed by atoms with Gasteiger partial charge in [0.15, 0.2) is 0 Å². The number of ether oxygens (including phenoxy) is 1. The highest BCUT2D eigenvalue weighted by atomic mass is 16.6. The van der Waals surface area contributed by atoms with Crippen LogP contribution in [0.15, 0.2) is 36.0 Å². The first kappa shape index (κ1) is 23.0. The highest BCUT2D eigenvalue weighted by Gasteiger charge is 2.42. The first-order chi connectivity index (χ1) is 14.9. The normalized spacial score (nSPS) is 19.9. The van der Waals surface area contributed by atoms with Crippen molar-refractivity contribution in [2.24, 2.45) is 0 Å². The Hall–Kier alpha value is -3.69. The van der Waals surface area contributed by atoms with E-state index >= 15 is 0 Å². The molecule has 3 N–H and O–H groups in total. The summed E-state index contributed by atoms with van der Waals surface area (Å²) in [5.74, 6) is -2.36. The number of rotatable bonds is 5. The molecule has 2 atom stereocenters. The van der Waals surface area contributed by atoms with Gasteiger partial charge in [-0.1, -0.05) is 12.1 Å². The van der Waals surface area contributed by atoms with Crippen molar-refractivity contribution in [1.82, 2.24) is 15.5 Å². The number of alkyl carbamates (subject to hydrolysis) is 1. The minimum Gasteiger partial charge on any atom is -0.444 e. The maximum atomic E-state index is 12.8. The lowest BCUT2D eigenvalue weighted by Crippen LogP contribution is -2.54. The van der Waals surface area contributed by atoms with Gasteiger partial charge >= 0.3 is 6.09 Å². The first-order valence-corrected chi connectivity index (χ1v) is 10.2. The summed E-state index contributed by atoms with van der Waals surface area (Å²) in [5, 5.41) is 7.80. The van der Waals surface area contributed by atoms with E-state index in [0.29, 0.717) is 5.69 Å². The summed E-state index contributed by atoms with van der Waals surface area (Å²) in [7, 11) is 0. The third-order valence-electron chi connectivity index (χ3n) is 4.88. The minimum absolute atomic E-state index is 0.0182. The Kier molecular flexibility index (Phi) is 6.33. The SMILES string of the molecule is CC(NC(=O)OC(C)(C)C)c1cccc(NC2=CC(=O)N(C3CCC(=O)NC3=O)C2=O)c1. The number of nitrogens with one attached hydrogen (secondary N) is 3. The van der Waals surface area contributed by atoms with Crippen LogP contribution in [-0.2, 0) is 23.9 Å². The van der Waals surface area contributed by atoms with Gasteiger partial charge in [0.05, 0.1) is 6.04 Å². The van der Waals surface area contributed by atoms with Crippen LogP contribution in [0.4, 0.5) is 10.5 Å². The molecule has 32 heavy (non-hydrogen) atoms. The number of benzene rings is 1. The van der Waals surface area contributed by atoms with E-state index in [4.69, 9.17) is 4.74 Å². The van der Waals surface area contributed by atoms with Gasteiger partial charge in [0.1, 0.15) is 17.3 Å². The maximum absolute atomic E-state index is 12.8. The molecule has 5 amide bonds. The molecule has 0 radical (unpaired) electrons. The van der Waals surface area contributed by atoms with Crippen LogP contribution in [0.2, 0.25) is 0 Å². The Morgan fingerprint density at radius 2 is 1.94 bits per heavy atom. The molecule has 0 aromatic heterocycles. The fourth-order valence-corrected chi connectivity index (χ4v) is 3.41. The zero-order chi connectivity index (χ0) is 23.6. The van der Waals surface area contributed by atoms with Crippen LogP contribution < -0.4 is 16.0 Å². The molecular weight excluding hydrogens is 416 g/mol. The maximum Gasteiger partial charge on any atom is 0.408 e. The van der Waals surface area contributed by atoms with Crippen molar-refractivity contribution in [2.45, 2.75) is 58.2 Å². The molecule has 0 saturated carbocycles. The van der Waals surface area contributed by atoms with Gasteiger partial charge in [-0.15, -0.1) is 0 Å². The smallest absolute Gasteiger partial charge is 0.408 e. The number of anilines is 1. The van der Waals surface area contributed by atoms with Gasteiger partial charge in [-0.05, 0) is 51.8 Å². The van der Waals surface area contributed by atoms with E-state index in [9.17, 15) is 24.0 Å². The summed E-state index contributed by atoms with van der Waals surface area (Å²) >= 11 is 0. The Bertz CT molecular complexity index is 1010. The highest BCUT2D eigenvalue weighted by Crippen LogP contribution is 2.24. The average Bonchev–Trinajstić information content (AvgIpc) is 2.94. The van der Waals surface area contributed by atoms with E-state index in [1.54, 1.807) is 52.0 Å². The first-order valence-electron chi connectivity index (χ1n) is 10.2. The summed E-state index contributed by atoms with van der Waals surface area (Å²) in [6, 6.07) is 5.59. The summed E-state index contributed by atoms with van der Waals surface area (Å²) in [5.41, 5.74) is 0.673. The van der Waals surface area contributed by atoms with Crippen LogP contribution in [0.3, 0.4) is 0 Å². The van der Waals surface area contributed by atoms with Crippen LogP contribution in [0.5, 0.6) is 0 Å². The molecule has 1 aromatic carbocycles. The molecular formula is C22H26N4O6. The molecule has 0 spiro atoms. The predicted octanol–water partition coefficient (Wildman–Crippen LogP) is 1.74. The molecule has 1 fully saturated rings. The molecule has 170 valence electrons. The second-order valence-electron chi connectivity index (χ2n) is 8.66. The van der Waals surface area contributed by atoms with Gasteiger partial charge in [-0.25, -0.2) is 4.79 Å². The molecule has 1 aromatic rings. The molecule has 10 nitrogen and oxygen atoms in total. The van der Waals surface area contributed by atoms with Gasteiger partial charge in [-0.3, -0.25) is 29.4 Å². The van der Waals surface area contributed by atoms with Crippen LogP contribution in [-0.4, -0.2) is 46.3 Å². The predicted molar refractivity (Wildman–Crippen MR) is 114 cm³/mol. The van der Waals surface area contributed by atoms with E-state index in [2.05, 4.69) is 16.0 Å². The number of hydrogen-bond acceptors (Lipinski definition) is 7. The van der Waals surface area contributed by atoms with Gasteiger partial charge in [0.2, 0.25) is 11.8 Å². The fourth-order valence-electron chi connectivity index (χ4n) is 3.41. The lowest BCUT2D eigenvalue weighted by atomic mass is 10.0. The van der Waals surface area contributed by atoms with Crippen molar-refractivity contribution < 1.29 is 28.7 Å². The monoisotopic (exact) mass is 442 g/mol. The Labute approximate surface area is 185 Å². The standard InChI is InChI=1S/C22H26N4O6/c1-12(23-21(31)32-22(2,3)4)13-6-5-7-14(10-13)24-15-11-18(28)26(20(15)30)16-8-9-17(27)25-19(16)29/h5-7,10-12,16,24H,8-9H2,1-4H3,(H,23,31)(H,25,27,29). The highest BCUT2D eigenvalue weighted by molar-refractivity contribution is 6.20. The number of imide groups is 2. The van der Waals surface area contributed by atoms with Crippen LogP contribution in [0.1, 0.15) is 52.1 Å². The van der Waals surface area contributed by atoms with E-state index in [-0.39, 0.29) is 24.6 Å². The zero-order valence-electron chi connectivity index (χ0n) is 18.4. The largest absolute Gasteiger partial charge is 0.444 e. The molecule has 2 heterocycles. The van der Waals surface area contributed by atoms with Gasteiger partial charge in [0.25, 0.3) is 11.8 Å². The quantitative estimate of drug-likeness (QED) is 0.592. The van der Waals surface area contributed by atoms with Crippen LogP contribution in [0, 0.1) is 0 Å². The van der Waals surface area contributed by atoms with E-state index < -0.39 is 41.4 Å². The Balaban J connectivity index is 1.68. The van der Waals surface area contributed by atoms with Crippen molar-refractivity contribution in [1.29, 1.82) is 0 Å². The third kappa shape index (κ3) is 5.32. The zero-order valence-corrected chi connectivity index (χ0v) is 18.4. The summed E-state index contributed by atoms with van der Waals surface area (Å²) in [6.45, 7) is 7.10. The molecule has 2 aliphatic heterocycles. The number of piperidine rings is 1. The van der Waals surface area contributed by atoms with Crippen molar-refractivity contribution in [3.63, 3.8) is 0 Å². The molecule has 10 heteroatoms. The molecule has 1 saturated heterocycles. The Morgan fingerprint density at radius 1 is 1.22 bits per heavy atom. The summed E-state index contributed by atoms with van der Waals surface area (Å²) < 4.78 is 5.26. The van der Waals surface area contributed by atoms with Crippen molar-refractivity contribution >= 4 is 35.4 Å². The lowest BCUT2D eigenvalue weighted by molar-refractivity contribution is -0.149. The second kappa shape index (κ2) is 8.81. The number of nitrogens with zero attached hydrogens (tertiary/aromatic N) is 1. The number of hydrogen-bond donors (Lipinski definition) is 3. The van der Waals surface area contributed by atoms with Gasteiger partial charge in [0, 0.05) is 18.2 Å². The second-order valence-corrected chi connectivity index (χ2v) is 8.66. The summed E-state index contributed by atoms with van der Waals surface area (Å²) in [6.07, 6.45) is 0.719. The lowest BCUT2D eigenvalue weighted by Gasteiger charge is -2.28. The molecule has 2 aliphatic rings. The number of amides is 5. The molecule has 2 unspecified atom stereocenters. The fraction of sp³-hybridized carbons (Fsp3) is 0.409. The number of carbonyl (C=O) groups is 5. The van der Waals surface area contributed by atoms with E-state index in [0.717, 1.165) is 16.5 Å². The van der Waals surface area contributed by atoms with E-state index in [1.165, 1.54) is 0 Å². The number of carbonyl (C=O) groups excluding carboxylic acids is 5. The minimum atomic E-state index is -1.02. The van der Waals surface area contributed by atoms with Crippen molar-refractivity contribution in [3.8, 4) is 0 Å². The van der Waals surface area contributed by atoms with Gasteiger partial charge in [-0.2, -0.15) is 0 Å². The molecule has 3 rings (SSSR count). The van der Waals surface area contributed by atoms with E-state index in [1.807, 2.05) is 0 Å². The van der Waals surface area contributed by atoms with Crippen LogP contribution >= 0.6 is 0 Å². The summed E-state index contributed by atoms with van der Waals surface area (Å²) in [4.78, 5) is 61.5. The topological polar surface area (TPSA) is 134 Å². The van der Waals surface area contributed by atoms with Crippen molar-refractivity contribution in [2.75, 3.05) is 5.32 Å². The third-order valence-corrected chi connectivity index (χ3v) is 4.88. The Morgan fingerprint density at radius 3 is 2.59 bits per heavy atom. The van der Waals surface area contributed by atoms with Gasteiger partial charge < -0.3 is 15.4 Å². The molecule has 0 aliphatic carbocycles.